The van der Waals surface area contributed by atoms with Gasteiger partial charge in [-0.2, -0.15) is 0 Å². The number of benzene rings is 3. The van der Waals surface area contributed by atoms with E-state index >= 15 is 0 Å². The molecule has 0 radical (unpaired) electrons. The molecule has 1 aliphatic rings. The van der Waals surface area contributed by atoms with Gasteiger partial charge in [0.2, 0.25) is 0 Å². The van der Waals surface area contributed by atoms with Crippen molar-refractivity contribution in [1.29, 1.82) is 0 Å². The minimum atomic E-state index is -0.877. The molecule has 1 saturated heterocycles. The molecule has 0 aliphatic carbocycles. The number of likely N-dealkylation sites (N-methyl/N-ethyl adjacent to an activating group) is 1. The molecule has 0 bridgehead atoms. The summed E-state index contributed by atoms with van der Waals surface area (Å²) in [5, 5.41) is 3.39. The molecule has 2 N–H and O–H groups in total. The summed E-state index contributed by atoms with van der Waals surface area (Å²) in [6.07, 6.45) is 2.03. The molecule has 5 rings (SSSR count). The van der Waals surface area contributed by atoms with E-state index in [2.05, 4.69) is 37.9 Å². The molecule has 3 aromatic carbocycles. The molecule has 0 spiro atoms. The van der Waals surface area contributed by atoms with E-state index in [1.807, 2.05) is 48.5 Å². The number of amides is 4. The summed E-state index contributed by atoms with van der Waals surface area (Å²) in [6, 6.07) is 20.0. The minimum absolute atomic E-state index is 0.0983. The maximum atomic E-state index is 13.8. The van der Waals surface area contributed by atoms with Crippen molar-refractivity contribution in [3.05, 3.63) is 105 Å². The highest BCUT2D eigenvalue weighted by atomic mass is 127. The Bertz CT molecular complexity index is 1580. The minimum Gasteiger partial charge on any atom is -0.484 e. The second-order valence-electron chi connectivity index (χ2n) is 9.75. The first-order valence-corrected chi connectivity index (χ1v) is 14.3. The highest BCUT2D eigenvalue weighted by molar-refractivity contribution is 14.1. The Morgan fingerprint density at radius 1 is 1.10 bits per heavy atom. The number of hydrogen-bond acceptors (Lipinski definition) is 5. The molecule has 0 saturated carbocycles. The predicted octanol–water partition coefficient (Wildman–Crippen LogP) is 5.38. The molecule has 4 amide bonds. The second-order valence-corrected chi connectivity index (χ2v) is 11.4. The molecule has 2 atom stereocenters. The van der Waals surface area contributed by atoms with E-state index in [1.165, 1.54) is 9.80 Å². The number of ether oxygens (including phenoxy) is 1. The Kier molecular flexibility index (Phi) is 8.60. The van der Waals surface area contributed by atoms with Crippen molar-refractivity contribution >= 4 is 52.0 Å². The number of imidazole rings is 1. The molecule has 1 aromatic heterocycles. The van der Waals surface area contributed by atoms with E-state index in [4.69, 9.17) is 16.3 Å². The van der Waals surface area contributed by atoms with Crippen LogP contribution in [0.1, 0.15) is 29.0 Å². The number of aromatic amines is 1. The largest absolute Gasteiger partial charge is 0.484 e. The van der Waals surface area contributed by atoms with E-state index in [-0.39, 0.29) is 12.5 Å². The number of nitrogens with one attached hydrogen (secondary N) is 2. The smallest absolute Gasteiger partial charge is 0.325 e. The lowest BCUT2D eigenvalue weighted by atomic mass is 10.0. The normalized spacial score (nSPS) is 15.5. The number of nitrogens with zero attached hydrogens (tertiary/aromatic N) is 3. The van der Waals surface area contributed by atoms with Crippen LogP contribution in [0.5, 0.6) is 5.75 Å². The standard InChI is InChI=1S/C30H27ClIN5O4/c1-36(2)26(38)17-41-21-11-8-19(9-12-21)27-29(39)37(30(40)35-27)25(14-18-6-4-3-5-7-18)28-33-16-24(34-28)22-13-10-20(32)15-23(22)31/h3-13,15-16,25,27H,14,17H2,1-2H3,(H,33,34)(H,35,40)/t25?,27-/m1/s1. The summed E-state index contributed by atoms with van der Waals surface area (Å²) in [5.41, 5.74) is 3.00. The number of aromatic nitrogens is 2. The van der Waals surface area contributed by atoms with Gasteiger partial charge in [0.05, 0.1) is 16.9 Å². The van der Waals surface area contributed by atoms with Crippen molar-refractivity contribution in [2.45, 2.75) is 18.5 Å². The van der Waals surface area contributed by atoms with Gasteiger partial charge in [-0.3, -0.25) is 14.5 Å². The topological polar surface area (TPSA) is 108 Å². The number of urea groups is 1. The van der Waals surface area contributed by atoms with E-state index in [0.717, 1.165) is 14.7 Å². The van der Waals surface area contributed by atoms with Gasteiger partial charge in [-0.1, -0.05) is 60.1 Å². The average molecular weight is 684 g/mol. The molecule has 11 heteroatoms. The summed E-state index contributed by atoms with van der Waals surface area (Å²) < 4.78 is 6.54. The first-order valence-electron chi connectivity index (χ1n) is 12.8. The van der Waals surface area contributed by atoms with Gasteiger partial charge in [-0.25, -0.2) is 9.78 Å². The van der Waals surface area contributed by atoms with E-state index < -0.39 is 24.0 Å². The molecule has 210 valence electrons. The van der Waals surface area contributed by atoms with Crippen LogP contribution in [0, 0.1) is 3.57 Å². The summed E-state index contributed by atoms with van der Waals surface area (Å²) >= 11 is 8.69. The van der Waals surface area contributed by atoms with Gasteiger partial charge in [0, 0.05) is 29.6 Å². The molecule has 1 fully saturated rings. The summed E-state index contributed by atoms with van der Waals surface area (Å²) in [6.45, 7) is -0.0983. The lowest BCUT2D eigenvalue weighted by Crippen LogP contribution is -2.36. The van der Waals surface area contributed by atoms with Crippen molar-refractivity contribution in [2.24, 2.45) is 0 Å². The van der Waals surface area contributed by atoms with Gasteiger partial charge in [0.15, 0.2) is 6.61 Å². The zero-order chi connectivity index (χ0) is 29.1. The Morgan fingerprint density at radius 3 is 2.51 bits per heavy atom. The van der Waals surface area contributed by atoms with Crippen LogP contribution in [-0.4, -0.2) is 58.3 Å². The summed E-state index contributed by atoms with van der Waals surface area (Å²) in [7, 11) is 3.31. The van der Waals surface area contributed by atoms with Gasteiger partial charge >= 0.3 is 6.03 Å². The molecule has 1 aliphatic heterocycles. The Labute approximate surface area is 256 Å². The molecular formula is C30H27ClIN5O4. The van der Waals surface area contributed by atoms with Crippen molar-refractivity contribution in [3.8, 4) is 17.0 Å². The number of hydrogen-bond donors (Lipinski definition) is 2. The van der Waals surface area contributed by atoms with Gasteiger partial charge in [-0.05, 0) is 58.0 Å². The molecule has 41 heavy (non-hydrogen) atoms. The number of carbonyl (C=O) groups is 3. The molecule has 2 heterocycles. The molecule has 1 unspecified atom stereocenters. The highest BCUT2D eigenvalue weighted by Gasteiger charge is 2.44. The summed E-state index contributed by atoms with van der Waals surface area (Å²) in [4.78, 5) is 49.5. The fourth-order valence-electron chi connectivity index (χ4n) is 4.54. The quantitative estimate of drug-likeness (QED) is 0.182. The fourth-order valence-corrected chi connectivity index (χ4v) is 5.50. The van der Waals surface area contributed by atoms with Crippen LogP contribution in [0.25, 0.3) is 11.3 Å². The Morgan fingerprint density at radius 2 is 1.83 bits per heavy atom. The van der Waals surface area contributed by atoms with Gasteiger partial charge in [-0.15, -0.1) is 0 Å². The molecular weight excluding hydrogens is 657 g/mol. The fraction of sp³-hybridized carbons (Fsp3) is 0.200. The van der Waals surface area contributed by atoms with Crippen LogP contribution >= 0.6 is 34.2 Å². The lowest BCUT2D eigenvalue weighted by Gasteiger charge is -2.24. The second kappa shape index (κ2) is 12.3. The number of halogens is 2. The van der Waals surface area contributed by atoms with Crippen LogP contribution in [0.3, 0.4) is 0 Å². The number of H-pyrrole nitrogens is 1. The van der Waals surface area contributed by atoms with Crippen molar-refractivity contribution in [2.75, 3.05) is 20.7 Å². The van der Waals surface area contributed by atoms with Gasteiger partial charge < -0.3 is 19.9 Å². The Hall–Kier alpha value is -3.90. The van der Waals surface area contributed by atoms with Crippen LogP contribution in [0.15, 0.2) is 79.0 Å². The zero-order valence-electron chi connectivity index (χ0n) is 22.3. The van der Waals surface area contributed by atoms with Gasteiger partial charge in [0.25, 0.3) is 11.8 Å². The summed E-state index contributed by atoms with van der Waals surface area (Å²) in [5.74, 6) is 0.393. The monoisotopic (exact) mass is 683 g/mol. The predicted molar refractivity (Wildman–Crippen MR) is 163 cm³/mol. The number of rotatable bonds is 9. The third-order valence-corrected chi connectivity index (χ3v) is 7.75. The van der Waals surface area contributed by atoms with Gasteiger partial charge in [0.1, 0.15) is 23.7 Å². The third kappa shape index (κ3) is 6.38. The van der Waals surface area contributed by atoms with Crippen LogP contribution in [0.4, 0.5) is 4.79 Å². The third-order valence-electron chi connectivity index (χ3n) is 6.76. The van der Waals surface area contributed by atoms with E-state index in [1.54, 1.807) is 44.6 Å². The van der Waals surface area contributed by atoms with E-state index in [0.29, 0.717) is 34.3 Å². The number of imide groups is 1. The van der Waals surface area contributed by atoms with E-state index in [9.17, 15) is 14.4 Å². The van der Waals surface area contributed by atoms with Crippen molar-refractivity contribution in [1.82, 2.24) is 25.1 Å². The molecule has 9 nitrogen and oxygen atoms in total. The first-order chi connectivity index (χ1) is 19.7. The van der Waals surface area contributed by atoms with Crippen LogP contribution in [0.2, 0.25) is 5.02 Å². The lowest BCUT2D eigenvalue weighted by molar-refractivity contribution is -0.131. The molecule has 4 aromatic rings. The number of carbonyl (C=O) groups excluding carboxylic acids is 3. The first kappa shape index (κ1) is 28.6. The van der Waals surface area contributed by atoms with Crippen LogP contribution in [-0.2, 0) is 16.0 Å². The zero-order valence-corrected chi connectivity index (χ0v) is 25.2. The Balaban J connectivity index is 1.41. The highest BCUT2D eigenvalue weighted by Crippen LogP contribution is 2.34. The van der Waals surface area contributed by atoms with Crippen molar-refractivity contribution < 1.29 is 19.1 Å². The maximum absolute atomic E-state index is 13.8. The van der Waals surface area contributed by atoms with Crippen molar-refractivity contribution in [3.63, 3.8) is 0 Å². The van der Waals surface area contributed by atoms with Crippen LogP contribution < -0.4 is 10.1 Å². The maximum Gasteiger partial charge on any atom is 0.325 e. The SMILES string of the molecule is CN(C)C(=O)COc1ccc([C@H]2NC(=O)N(C(Cc3ccccc3)c3ncc(-c4ccc(I)cc4Cl)[nH]3)C2=O)cc1. The average Bonchev–Trinajstić information content (AvgIpc) is 3.55.